The second-order valence-corrected chi connectivity index (χ2v) is 8.56. The molecule has 136 valence electrons. The van der Waals surface area contributed by atoms with Gasteiger partial charge >= 0.3 is 0 Å². The van der Waals surface area contributed by atoms with E-state index in [9.17, 15) is 8.42 Å². The topological polar surface area (TPSA) is 58.5 Å². The van der Waals surface area contributed by atoms with Gasteiger partial charge in [0.25, 0.3) is 10.0 Å². The molecule has 0 fully saturated rings. The van der Waals surface area contributed by atoms with Crippen LogP contribution in [-0.2, 0) is 10.0 Å². The van der Waals surface area contributed by atoms with E-state index in [2.05, 4.69) is 23.6 Å². The van der Waals surface area contributed by atoms with E-state index in [0.717, 1.165) is 16.8 Å². The molecule has 4 nitrogen and oxygen atoms in total. The minimum absolute atomic E-state index is 0.278. The van der Waals surface area contributed by atoms with Crippen LogP contribution in [0.1, 0.15) is 48.9 Å². The number of nitrogens with zero attached hydrogens (tertiary/aromatic N) is 1. The fourth-order valence-electron chi connectivity index (χ4n) is 3.05. The summed E-state index contributed by atoms with van der Waals surface area (Å²) in [5.74, 6) is 0.790. The second kappa shape index (κ2) is 6.72. The van der Waals surface area contributed by atoms with Crippen LogP contribution in [0.3, 0.4) is 0 Å². The highest BCUT2D eigenvalue weighted by molar-refractivity contribution is 8.00. The summed E-state index contributed by atoms with van der Waals surface area (Å²) in [4.78, 5) is 0.278. The Balaban J connectivity index is 2.00. The lowest BCUT2D eigenvalue weighted by Gasteiger charge is -2.12. The van der Waals surface area contributed by atoms with Gasteiger partial charge in [-0.3, -0.25) is 0 Å². The highest BCUT2D eigenvalue weighted by Gasteiger charge is 2.31. The minimum atomic E-state index is -3.71. The first-order chi connectivity index (χ1) is 12.2. The van der Waals surface area contributed by atoms with Crippen molar-refractivity contribution in [3.8, 4) is 0 Å². The summed E-state index contributed by atoms with van der Waals surface area (Å²) in [6.07, 6.45) is 0. The van der Waals surface area contributed by atoms with Crippen LogP contribution in [0.2, 0.25) is 0 Å². The predicted octanol–water partition coefficient (Wildman–Crippen LogP) is 5.01. The predicted molar refractivity (Wildman–Crippen MR) is 109 cm³/mol. The van der Waals surface area contributed by atoms with Gasteiger partial charge in [-0.25, -0.2) is 0 Å². The Kier molecular flexibility index (Phi) is 4.76. The van der Waals surface area contributed by atoms with Gasteiger partial charge in [0.05, 0.1) is 0 Å². The Morgan fingerprint density at radius 3 is 2.23 bits per heavy atom. The lowest BCUT2D eigenvalue weighted by Crippen LogP contribution is -2.12. The zero-order chi connectivity index (χ0) is 19.1. The molecule has 0 saturated carbocycles. The average molecular weight is 369 g/mol. The van der Waals surface area contributed by atoms with Crippen molar-refractivity contribution >= 4 is 26.5 Å². The van der Waals surface area contributed by atoms with Gasteiger partial charge in [0.15, 0.2) is 0 Å². The molecule has 0 aromatic heterocycles. The largest absolute Gasteiger partial charge is 0.339 e. The lowest BCUT2D eigenvalue weighted by molar-refractivity contribution is 0.608. The molecule has 0 aliphatic carbocycles. The first-order valence-electron chi connectivity index (χ1n) is 8.70. The van der Waals surface area contributed by atoms with Crippen LogP contribution in [0.15, 0.2) is 52.4 Å². The molecule has 1 heterocycles. The number of nitrogens with one attached hydrogen (secondary N) is 1. The van der Waals surface area contributed by atoms with Crippen molar-refractivity contribution in [1.82, 2.24) is 0 Å². The van der Waals surface area contributed by atoms with Gasteiger partial charge in [0, 0.05) is 11.3 Å². The van der Waals surface area contributed by atoms with Gasteiger partial charge in [-0.05, 0) is 55.0 Å². The van der Waals surface area contributed by atoms with E-state index in [-0.39, 0.29) is 4.91 Å². The first-order valence-corrected chi connectivity index (χ1v) is 10.1. The Morgan fingerprint density at radius 1 is 0.962 bits per heavy atom. The summed E-state index contributed by atoms with van der Waals surface area (Å²) in [6, 6.07) is 13.6. The van der Waals surface area contributed by atoms with Crippen LogP contribution in [0, 0.1) is 13.8 Å². The van der Waals surface area contributed by atoms with Gasteiger partial charge in [-0.2, -0.15) is 8.42 Å². The van der Waals surface area contributed by atoms with E-state index >= 15 is 0 Å². The molecule has 2 aromatic rings. The SMILES string of the molecule is CC1=C(c2ccc(C(C)C)cc2)S(=O)(=O)N=C1Nc1cccc(C)c1C. The number of hydrogen-bond acceptors (Lipinski definition) is 3. The normalized spacial score (nSPS) is 16.2. The molecule has 3 rings (SSSR count). The Labute approximate surface area is 155 Å². The van der Waals surface area contributed by atoms with Crippen molar-refractivity contribution in [3.63, 3.8) is 0 Å². The van der Waals surface area contributed by atoms with Crippen LogP contribution in [0.25, 0.3) is 4.91 Å². The van der Waals surface area contributed by atoms with Crippen LogP contribution in [0.5, 0.6) is 0 Å². The molecule has 0 atom stereocenters. The molecule has 5 heteroatoms. The van der Waals surface area contributed by atoms with E-state index in [1.807, 2.05) is 56.3 Å². The molecule has 26 heavy (non-hydrogen) atoms. The van der Waals surface area contributed by atoms with Crippen LogP contribution in [-0.4, -0.2) is 14.3 Å². The Bertz CT molecular complexity index is 1010. The van der Waals surface area contributed by atoms with Crippen molar-refractivity contribution < 1.29 is 8.42 Å². The average Bonchev–Trinajstić information content (AvgIpc) is 2.80. The van der Waals surface area contributed by atoms with Crippen molar-refractivity contribution in [2.45, 2.75) is 40.5 Å². The summed E-state index contributed by atoms with van der Waals surface area (Å²) in [7, 11) is -3.71. The molecule has 1 N–H and O–H groups in total. The van der Waals surface area contributed by atoms with Gasteiger partial charge in [-0.1, -0.05) is 50.2 Å². The summed E-state index contributed by atoms with van der Waals surface area (Å²) >= 11 is 0. The van der Waals surface area contributed by atoms with Crippen molar-refractivity contribution in [2.75, 3.05) is 5.32 Å². The number of benzene rings is 2. The highest BCUT2D eigenvalue weighted by atomic mass is 32.2. The summed E-state index contributed by atoms with van der Waals surface area (Å²) in [6.45, 7) is 10.1. The number of rotatable bonds is 3. The molecule has 0 unspecified atom stereocenters. The third-order valence-corrected chi connectivity index (χ3v) is 6.34. The number of anilines is 1. The third-order valence-electron chi connectivity index (χ3n) is 4.86. The molecule has 0 amide bonds. The van der Waals surface area contributed by atoms with E-state index in [4.69, 9.17) is 0 Å². The molecule has 0 spiro atoms. The Hall–Kier alpha value is -2.40. The maximum absolute atomic E-state index is 12.7. The monoisotopic (exact) mass is 368 g/mol. The fraction of sp³-hybridized carbons (Fsp3) is 0.286. The van der Waals surface area contributed by atoms with E-state index in [1.165, 1.54) is 5.56 Å². The number of sulfonamides is 1. The first kappa shape index (κ1) is 18.4. The molecular formula is C21H24N2O2S. The molecule has 0 saturated heterocycles. The Morgan fingerprint density at radius 2 is 1.62 bits per heavy atom. The maximum Gasteiger partial charge on any atom is 0.285 e. The summed E-state index contributed by atoms with van der Waals surface area (Å²) in [5, 5.41) is 3.20. The van der Waals surface area contributed by atoms with E-state index in [0.29, 0.717) is 22.9 Å². The number of hydrogen-bond donors (Lipinski definition) is 1. The maximum atomic E-state index is 12.7. The zero-order valence-corrected chi connectivity index (χ0v) is 16.6. The standard InChI is InChI=1S/C21H24N2O2S/c1-13(2)17-9-11-18(12-10-17)20-16(5)21(23-26(20,24)25)22-19-8-6-7-14(3)15(19)4/h6-13H,1-5H3,(H,22,23). The van der Waals surface area contributed by atoms with E-state index < -0.39 is 10.0 Å². The lowest BCUT2D eigenvalue weighted by atomic mass is 10.0. The quantitative estimate of drug-likeness (QED) is 0.828. The van der Waals surface area contributed by atoms with Gasteiger partial charge < -0.3 is 5.32 Å². The van der Waals surface area contributed by atoms with Crippen molar-refractivity contribution in [1.29, 1.82) is 0 Å². The second-order valence-electron chi connectivity index (χ2n) is 7.02. The fourth-order valence-corrected chi connectivity index (χ4v) is 4.48. The molecule has 1 aliphatic heterocycles. The van der Waals surface area contributed by atoms with Crippen LogP contribution in [0.4, 0.5) is 5.69 Å². The minimum Gasteiger partial charge on any atom is -0.339 e. The molecular weight excluding hydrogens is 344 g/mol. The van der Waals surface area contributed by atoms with Crippen LogP contribution >= 0.6 is 0 Å². The van der Waals surface area contributed by atoms with Crippen molar-refractivity contribution in [2.24, 2.45) is 4.40 Å². The molecule has 2 aromatic carbocycles. The van der Waals surface area contributed by atoms with Gasteiger partial charge in [0.2, 0.25) is 0 Å². The zero-order valence-electron chi connectivity index (χ0n) is 15.8. The van der Waals surface area contributed by atoms with Crippen LogP contribution < -0.4 is 5.32 Å². The molecule has 1 aliphatic rings. The molecule has 0 bridgehead atoms. The highest BCUT2D eigenvalue weighted by Crippen LogP contribution is 2.34. The number of amidine groups is 1. The smallest absolute Gasteiger partial charge is 0.285 e. The molecule has 0 radical (unpaired) electrons. The third kappa shape index (κ3) is 3.31. The van der Waals surface area contributed by atoms with E-state index in [1.54, 1.807) is 6.92 Å². The van der Waals surface area contributed by atoms with Gasteiger partial charge in [-0.15, -0.1) is 4.40 Å². The van der Waals surface area contributed by atoms with Crippen molar-refractivity contribution in [3.05, 3.63) is 70.3 Å². The van der Waals surface area contributed by atoms with Gasteiger partial charge in [0.1, 0.15) is 10.7 Å². The number of aryl methyl sites for hydroxylation is 1. The summed E-state index contributed by atoms with van der Waals surface area (Å²) < 4.78 is 29.3. The summed E-state index contributed by atoms with van der Waals surface area (Å²) in [5.41, 5.74) is 5.58.